The lowest BCUT2D eigenvalue weighted by Gasteiger charge is -2.27. The summed E-state index contributed by atoms with van der Waals surface area (Å²) in [4.78, 5) is 24.3. The molecule has 1 atom stereocenters. The van der Waals surface area contributed by atoms with Crippen LogP contribution in [0.3, 0.4) is 0 Å². The molecule has 4 aromatic rings. The van der Waals surface area contributed by atoms with Gasteiger partial charge < -0.3 is 4.90 Å². The van der Waals surface area contributed by atoms with Crippen LogP contribution in [0.5, 0.6) is 0 Å². The third-order valence-electron chi connectivity index (χ3n) is 5.53. The number of hydrogen-bond donors (Lipinski definition) is 0. The number of anilines is 1. The summed E-state index contributed by atoms with van der Waals surface area (Å²) in [5.74, 6) is 1.07. The van der Waals surface area contributed by atoms with Gasteiger partial charge in [0.25, 0.3) is 12.0 Å². The molecule has 0 saturated carbocycles. The van der Waals surface area contributed by atoms with Crippen LogP contribution in [-0.4, -0.2) is 37.1 Å². The Bertz CT molecular complexity index is 1300. The molecule has 30 heavy (non-hydrogen) atoms. The highest BCUT2D eigenvalue weighted by Gasteiger charge is 2.33. The standard InChI is InChI=1S/C21H20F2N6O/c1-13-11-17-19(24-8-10-29(17)26-13)27-9-4-7-16(27)20-25-15-6-3-2-5-14(15)21(30)28(20)12-18(22)23/h2-3,5-6,8,10-11,16,18H,4,7,9,12H2,1H3. The summed E-state index contributed by atoms with van der Waals surface area (Å²) < 4.78 is 29.6. The maximum atomic E-state index is 13.4. The van der Waals surface area contributed by atoms with Gasteiger partial charge in [0.05, 0.1) is 29.2 Å². The number of para-hydroxylation sites is 1. The molecule has 1 aliphatic heterocycles. The number of aromatic nitrogens is 5. The van der Waals surface area contributed by atoms with Crippen molar-refractivity contribution in [3.05, 3.63) is 64.6 Å². The zero-order valence-corrected chi connectivity index (χ0v) is 16.4. The van der Waals surface area contributed by atoms with E-state index in [1.54, 1.807) is 41.2 Å². The van der Waals surface area contributed by atoms with Crippen LogP contribution in [0, 0.1) is 6.92 Å². The lowest BCUT2D eigenvalue weighted by molar-refractivity contribution is 0.123. The number of benzene rings is 1. The van der Waals surface area contributed by atoms with Gasteiger partial charge in [-0.25, -0.2) is 23.3 Å². The molecule has 1 unspecified atom stereocenters. The molecule has 5 rings (SSSR count). The van der Waals surface area contributed by atoms with E-state index >= 15 is 0 Å². The maximum Gasteiger partial charge on any atom is 0.261 e. The van der Waals surface area contributed by atoms with E-state index in [2.05, 4.69) is 20.0 Å². The molecule has 1 saturated heterocycles. The fourth-order valence-corrected chi connectivity index (χ4v) is 4.29. The topological polar surface area (TPSA) is 68.3 Å². The quantitative estimate of drug-likeness (QED) is 0.516. The van der Waals surface area contributed by atoms with E-state index in [0.29, 0.717) is 35.5 Å². The van der Waals surface area contributed by atoms with Gasteiger partial charge in [-0.05, 0) is 38.0 Å². The van der Waals surface area contributed by atoms with Crippen LogP contribution in [0.2, 0.25) is 0 Å². The van der Waals surface area contributed by atoms with Gasteiger partial charge in [-0.15, -0.1) is 0 Å². The minimum absolute atomic E-state index is 0.324. The van der Waals surface area contributed by atoms with E-state index in [4.69, 9.17) is 0 Å². The highest BCUT2D eigenvalue weighted by atomic mass is 19.3. The van der Waals surface area contributed by atoms with Gasteiger partial charge in [0.1, 0.15) is 11.3 Å². The fraction of sp³-hybridized carbons (Fsp3) is 0.333. The molecule has 4 heterocycles. The zero-order chi connectivity index (χ0) is 20.8. The number of hydrogen-bond acceptors (Lipinski definition) is 5. The van der Waals surface area contributed by atoms with Crippen LogP contribution in [0.1, 0.15) is 30.4 Å². The number of alkyl halides is 2. The summed E-state index contributed by atoms with van der Waals surface area (Å²) in [7, 11) is 0. The van der Waals surface area contributed by atoms with Gasteiger partial charge >= 0.3 is 0 Å². The van der Waals surface area contributed by atoms with Crippen molar-refractivity contribution in [2.75, 3.05) is 11.4 Å². The first-order valence-corrected chi connectivity index (χ1v) is 9.88. The molecular formula is C21H20F2N6O. The lowest BCUT2D eigenvalue weighted by atomic mass is 10.1. The lowest BCUT2D eigenvalue weighted by Crippen LogP contribution is -2.34. The largest absolute Gasteiger partial charge is 0.345 e. The number of aryl methyl sites for hydroxylation is 1. The first-order valence-electron chi connectivity index (χ1n) is 9.88. The highest BCUT2D eigenvalue weighted by Crippen LogP contribution is 2.36. The molecule has 0 bridgehead atoms. The van der Waals surface area contributed by atoms with E-state index in [0.717, 1.165) is 22.2 Å². The predicted octanol–water partition coefficient (Wildman–Crippen LogP) is 3.35. The average molecular weight is 410 g/mol. The molecule has 0 N–H and O–H groups in total. The number of fused-ring (bicyclic) bond motifs is 2. The van der Waals surface area contributed by atoms with E-state index in [-0.39, 0.29) is 6.04 Å². The predicted molar refractivity (Wildman–Crippen MR) is 109 cm³/mol. The summed E-state index contributed by atoms with van der Waals surface area (Å²) in [6.07, 6.45) is 2.34. The number of halogens is 2. The molecule has 0 amide bonds. The third-order valence-corrected chi connectivity index (χ3v) is 5.53. The molecule has 0 aliphatic carbocycles. The van der Waals surface area contributed by atoms with Crippen molar-refractivity contribution in [1.29, 1.82) is 0 Å². The van der Waals surface area contributed by atoms with E-state index in [1.165, 1.54) is 0 Å². The smallest absolute Gasteiger partial charge is 0.261 e. The summed E-state index contributed by atoms with van der Waals surface area (Å²) in [6.45, 7) is 1.92. The minimum Gasteiger partial charge on any atom is -0.345 e. The second-order valence-corrected chi connectivity index (χ2v) is 7.51. The molecule has 9 heteroatoms. The molecular weight excluding hydrogens is 390 g/mol. The molecule has 3 aromatic heterocycles. The maximum absolute atomic E-state index is 13.4. The number of nitrogens with zero attached hydrogens (tertiary/aromatic N) is 6. The van der Waals surface area contributed by atoms with Crippen LogP contribution in [-0.2, 0) is 6.54 Å². The van der Waals surface area contributed by atoms with Gasteiger partial charge in [-0.1, -0.05) is 12.1 Å². The Kier molecular flexibility index (Phi) is 4.45. The van der Waals surface area contributed by atoms with Gasteiger partial charge in [0.15, 0.2) is 5.82 Å². The second kappa shape index (κ2) is 7.16. The van der Waals surface area contributed by atoms with E-state index in [9.17, 15) is 13.6 Å². The second-order valence-electron chi connectivity index (χ2n) is 7.51. The van der Waals surface area contributed by atoms with Gasteiger partial charge in [0, 0.05) is 18.9 Å². The Labute approximate surface area is 170 Å². The Morgan fingerprint density at radius 1 is 1.27 bits per heavy atom. The van der Waals surface area contributed by atoms with Crippen molar-refractivity contribution < 1.29 is 8.78 Å². The zero-order valence-electron chi connectivity index (χ0n) is 16.4. The molecule has 1 aliphatic rings. The molecule has 0 radical (unpaired) electrons. The summed E-state index contributed by atoms with van der Waals surface area (Å²) >= 11 is 0. The molecule has 1 fully saturated rings. The van der Waals surface area contributed by atoms with Gasteiger partial charge in [-0.3, -0.25) is 9.36 Å². The first-order chi connectivity index (χ1) is 14.5. The van der Waals surface area contributed by atoms with Crippen LogP contribution in [0.15, 0.2) is 47.5 Å². The monoisotopic (exact) mass is 410 g/mol. The van der Waals surface area contributed by atoms with E-state index in [1.807, 2.05) is 13.0 Å². The summed E-state index contributed by atoms with van der Waals surface area (Å²) in [5.41, 5.74) is 1.78. The Hall–Kier alpha value is -3.36. The fourth-order valence-electron chi connectivity index (χ4n) is 4.29. The third kappa shape index (κ3) is 3.01. The van der Waals surface area contributed by atoms with Crippen molar-refractivity contribution in [3.63, 3.8) is 0 Å². The van der Waals surface area contributed by atoms with Crippen molar-refractivity contribution >= 4 is 22.2 Å². The van der Waals surface area contributed by atoms with Crippen molar-refractivity contribution in [1.82, 2.24) is 24.1 Å². The van der Waals surface area contributed by atoms with Gasteiger partial charge in [0.2, 0.25) is 0 Å². The van der Waals surface area contributed by atoms with Crippen molar-refractivity contribution in [2.24, 2.45) is 0 Å². The normalized spacial score (nSPS) is 16.9. The number of rotatable bonds is 4. The molecule has 0 spiro atoms. The van der Waals surface area contributed by atoms with Crippen LogP contribution < -0.4 is 10.5 Å². The first kappa shape index (κ1) is 18.7. The van der Waals surface area contributed by atoms with Gasteiger partial charge in [-0.2, -0.15) is 5.10 Å². The molecule has 1 aromatic carbocycles. The van der Waals surface area contributed by atoms with Crippen LogP contribution >= 0.6 is 0 Å². The van der Waals surface area contributed by atoms with Crippen LogP contribution in [0.4, 0.5) is 14.6 Å². The summed E-state index contributed by atoms with van der Waals surface area (Å²) in [5, 5.41) is 4.78. The highest BCUT2D eigenvalue weighted by molar-refractivity contribution is 5.77. The minimum atomic E-state index is -2.65. The Morgan fingerprint density at radius 2 is 2.10 bits per heavy atom. The van der Waals surface area contributed by atoms with Crippen LogP contribution in [0.25, 0.3) is 16.4 Å². The Morgan fingerprint density at radius 3 is 2.93 bits per heavy atom. The van der Waals surface area contributed by atoms with Crippen molar-refractivity contribution in [3.8, 4) is 0 Å². The molecule has 7 nitrogen and oxygen atoms in total. The summed E-state index contributed by atoms with van der Waals surface area (Å²) in [6, 6.07) is 8.49. The SMILES string of the molecule is Cc1cc2c(N3CCCC3c3nc4ccccc4c(=O)n3CC(F)F)nccn2n1. The van der Waals surface area contributed by atoms with E-state index < -0.39 is 18.5 Å². The molecule has 154 valence electrons. The average Bonchev–Trinajstić information content (AvgIpc) is 3.35. The van der Waals surface area contributed by atoms with Crippen molar-refractivity contribution in [2.45, 2.75) is 38.8 Å². The Balaban J connectivity index is 1.69.